The summed E-state index contributed by atoms with van der Waals surface area (Å²) in [6.07, 6.45) is 0. The van der Waals surface area contributed by atoms with Crippen LogP contribution in [0.3, 0.4) is 0 Å². The van der Waals surface area contributed by atoms with Crippen molar-refractivity contribution in [1.29, 1.82) is 0 Å². The summed E-state index contributed by atoms with van der Waals surface area (Å²) in [6.45, 7) is 1.58. The SMILES string of the molecule is COc1ccccc1C(=O)Nc1ccc(N(C)CCN(C)C)c(NC(=O)c2ccccc2OC)c1. The maximum Gasteiger partial charge on any atom is 0.259 e. The smallest absolute Gasteiger partial charge is 0.259 e. The van der Waals surface area contributed by atoms with Crippen LogP contribution in [0.4, 0.5) is 17.1 Å². The van der Waals surface area contributed by atoms with Crippen LogP contribution in [0.1, 0.15) is 20.7 Å². The van der Waals surface area contributed by atoms with Crippen molar-refractivity contribution in [2.45, 2.75) is 0 Å². The Balaban J connectivity index is 1.92. The standard InChI is InChI=1S/C27H32N4O4/c1-30(2)16-17-31(3)23-15-14-19(28-26(32)20-10-6-8-12-24(20)34-4)18-22(23)29-27(33)21-11-7-9-13-25(21)35-5/h6-15,18H,16-17H2,1-5H3,(H,28,32)(H,29,33). The molecule has 0 aliphatic rings. The Bertz CT molecular complexity index is 1180. The molecule has 2 N–H and O–H groups in total. The van der Waals surface area contributed by atoms with Crippen LogP contribution >= 0.6 is 0 Å². The van der Waals surface area contributed by atoms with E-state index in [0.29, 0.717) is 34.0 Å². The number of methoxy groups -OCH3 is 2. The molecule has 0 aromatic heterocycles. The number of hydrogen-bond acceptors (Lipinski definition) is 6. The summed E-state index contributed by atoms with van der Waals surface area (Å²) in [6, 6.07) is 19.5. The van der Waals surface area contributed by atoms with Gasteiger partial charge in [0.1, 0.15) is 11.5 Å². The number of rotatable bonds is 10. The van der Waals surface area contributed by atoms with E-state index in [0.717, 1.165) is 18.8 Å². The molecule has 0 atom stereocenters. The van der Waals surface area contributed by atoms with Gasteiger partial charge in [0.2, 0.25) is 0 Å². The van der Waals surface area contributed by atoms with Gasteiger partial charge in [-0.15, -0.1) is 0 Å². The highest BCUT2D eigenvalue weighted by atomic mass is 16.5. The quantitative estimate of drug-likeness (QED) is 0.456. The molecule has 0 aliphatic carbocycles. The predicted octanol–water partition coefficient (Wildman–Crippen LogP) is 4.21. The normalized spacial score (nSPS) is 10.6. The lowest BCUT2D eigenvalue weighted by Crippen LogP contribution is -2.29. The molecule has 3 rings (SSSR count). The maximum atomic E-state index is 13.2. The Morgan fingerprint density at radius 1 is 0.743 bits per heavy atom. The topological polar surface area (TPSA) is 83.1 Å². The number of carbonyl (C=O) groups excluding carboxylic acids is 2. The molecule has 8 nitrogen and oxygen atoms in total. The Morgan fingerprint density at radius 2 is 1.29 bits per heavy atom. The highest BCUT2D eigenvalue weighted by molar-refractivity contribution is 6.09. The fourth-order valence-corrected chi connectivity index (χ4v) is 3.57. The van der Waals surface area contributed by atoms with Crippen molar-refractivity contribution in [3.63, 3.8) is 0 Å². The van der Waals surface area contributed by atoms with E-state index in [4.69, 9.17) is 9.47 Å². The van der Waals surface area contributed by atoms with Gasteiger partial charge in [-0.25, -0.2) is 0 Å². The van der Waals surface area contributed by atoms with E-state index < -0.39 is 0 Å². The zero-order valence-corrected chi connectivity index (χ0v) is 20.8. The Morgan fingerprint density at radius 3 is 1.83 bits per heavy atom. The van der Waals surface area contributed by atoms with Crippen molar-refractivity contribution in [3.05, 3.63) is 77.9 Å². The summed E-state index contributed by atoms with van der Waals surface area (Å²) in [5.41, 5.74) is 2.77. The van der Waals surface area contributed by atoms with Gasteiger partial charge < -0.3 is 29.9 Å². The van der Waals surface area contributed by atoms with Gasteiger partial charge in [0.25, 0.3) is 11.8 Å². The summed E-state index contributed by atoms with van der Waals surface area (Å²) in [5, 5.41) is 5.90. The Labute approximate surface area is 206 Å². The van der Waals surface area contributed by atoms with Crippen LogP contribution in [-0.4, -0.2) is 65.2 Å². The van der Waals surface area contributed by atoms with Gasteiger partial charge in [-0.2, -0.15) is 0 Å². The van der Waals surface area contributed by atoms with Crippen LogP contribution in [-0.2, 0) is 0 Å². The summed E-state index contributed by atoms with van der Waals surface area (Å²) < 4.78 is 10.7. The number of para-hydroxylation sites is 2. The minimum absolute atomic E-state index is 0.307. The second kappa shape index (κ2) is 11.9. The largest absolute Gasteiger partial charge is 0.496 e. The van der Waals surface area contributed by atoms with Crippen molar-refractivity contribution < 1.29 is 19.1 Å². The fraction of sp³-hybridized carbons (Fsp3) is 0.259. The van der Waals surface area contributed by atoms with Crippen molar-refractivity contribution in [2.75, 3.05) is 64.0 Å². The summed E-state index contributed by atoms with van der Waals surface area (Å²) in [7, 11) is 9.03. The van der Waals surface area contributed by atoms with Gasteiger partial charge in [0.05, 0.1) is 36.7 Å². The number of amides is 2. The molecule has 0 saturated heterocycles. The molecule has 0 radical (unpaired) electrons. The van der Waals surface area contributed by atoms with E-state index in [1.807, 2.05) is 39.3 Å². The monoisotopic (exact) mass is 476 g/mol. The van der Waals surface area contributed by atoms with Crippen LogP contribution in [0.15, 0.2) is 66.7 Å². The number of carbonyl (C=O) groups is 2. The lowest BCUT2D eigenvalue weighted by atomic mass is 10.1. The van der Waals surface area contributed by atoms with Crippen LogP contribution < -0.4 is 25.0 Å². The molecule has 35 heavy (non-hydrogen) atoms. The summed E-state index contributed by atoms with van der Waals surface area (Å²) in [5.74, 6) is 0.346. The van der Waals surface area contributed by atoms with E-state index in [2.05, 4.69) is 20.4 Å². The lowest BCUT2D eigenvalue weighted by molar-refractivity contribution is 0.101. The van der Waals surface area contributed by atoms with Gasteiger partial charge in [0, 0.05) is 25.8 Å². The van der Waals surface area contributed by atoms with Gasteiger partial charge in [-0.1, -0.05) is 24.3 Å². The molecule has 3 aromatic carbocycles. The van der Waals surface area contributed by atoms with E-state index >= 15 is 0 Å². The highest BCUT2D eigenvalue weighted by Crippen LogP contribution is 2.31. The molecule has 0 heterocycles. The molecule has 0 aliphatic heterocycles. The molecule has 0 unspecified atom stereocenters. The first-order valence-electron chi connectivity index (χ1n) is 11.2. The number of hydrogen-bond donors (Lipinski definition) is 2. The first-order valence-corrected chi connectivity index (χ1v) is 11.2. The van der Waals surface area contributed by atoms with Crippen molar-refractivity contribution in [1.82, 2.24) is 4.90 Å². The predicted molar refractivity (Wildman–Crippen MR) is 140 cm³/mol. The van der Waals surface area contributed by atoms with E-state index in [1.165, 1.54) is 14.2 Å². The van der Waals surface area contributed by atoms with E-state index in [-0.39, 0.29) is 11.8 Å². The number of ether oxygens (including phenoxy) is 2. The summed E-state index contributed by atoms with van der Waals surface area (Å²) in [4.78, 5) is 30.2. The zero-order chi connectivity index (χ0) is 25.4. The second-order valence-corrected chi connectivity index (χ2v) is 8.27. The molecule has 0 bridgehead atoms. The molecule has 2 amide bonds. The van der Waals surface area contributed by atoms with Crippen molar-refractivity contribution in [3.8, 4) is 11.5 Å². The van der Waals surface area contributed by atoms with Gasteiger partial charge >= 0.3 is 0 Å². The van der Waals surface area contributed by atoms with Crippen LogP contribution in [0.2, 0.25) is 0 Å². The number of nitrogens with zero attached hydrogens (tertiary/aromatic N) is 2. The number of benzene rings is 3. The first kappa shape index (κ1) is 25.6. The van der Waals surface area contributed by atoms with Crippen LogP contribution in [0.5, 0.6) is 11.5 Å². The Hall–Kier alpha value is -4.04. The lowest BCUT2D eigenvalue weighted by Gasteiger charge is -2.25. The van der Waals surface area contributed by atoms with Gasteiger partial charge in [-0.3, -0.25) is 9.59 Å². The van der Waals surface area contributed by atoms with Crippen molar-refractivity contribution >= 4 is 28.9 Å². The third-order valence-electron chi connectivity index (χ3n) is 5.50. The third kappa shape index (κ3) is 6.51. The minimum atomic E-state index is -0.307. The molecule has 3 aromatic rings. The second-order valence-electron chi connectivity index (χ2n) is 8.27. The molecular weight excluding hydrogens is 444 g/mol. The van der Waals surface area contributed by atoms with Gasteiger partial charge in [-0.05, 0) is 56.6 Å². The van der Waals surface area contributed by atoms with E-state index in [9.17, 15) is 9.59 Å². The first-order chi connectivity index (χ1) is 16.8. The molecule has 184 valence electrons. The van der Waals surface area contributed by atoms with Gasteiger partial charge in [0.15, 0.2) is 0 Å². The number of nitrogens with one attached hydrogen (secondary N) is 2. The van der Waals surface area contributed by atoms with Crippen molar-refractivity contribution in [2.24, 2.45) is 0 Å². The highest BCUT2D eigenvalue weighted by Gasteiger charge is 2.17. The number of likely N-dealkylation sites (N-methyl/N-ethyl adjacent to an activating group) is 2. The number of anilines is 3. The fourth-order valence-electron chi connectivity index (χ4n) is 3.57. The average molecular weight is 477 g/mol. The summed E-state index contributed by atoms with van der Waals surface area (Å²) >= 11 is 0. The molecule has 0 fully saturated rings. The van der Waals surface area contributed by atoms with Crippen LogP contribution in [0, 0.1) is 0 Å². The zero-order valence-electron chi connectivity index (χ0n) is 20.8. The Kier molecular flexibility index (Phi) is 8.69. The third-order valence-corrected chi connectivity index (χ3v) is 5.50. The molecule has 0 saturated carbocycles. The van der Waals surface area contributed by atoms with E-state index in [1.54, 1.807) is 48.5 Å². The molecular formula is C27H32N4O4. The average Bonchev–Trinajstić information content (AvgIpc) is 2.87. The minimum Gasteiger partial charge on any atom is -0.496 e. The van der Waals surface area contributed by atoms with Crippen LogP contribution in [0.25, 0.3) is 0 Å². The maximum absolute atomic E-state index is 13.2. The molecule has 0 spiro atoms. The molecule has 8 heteroatoms.